The molecule has 0 unspecified atom stereocenters. The number of fused-ring (bicyclic) bond motifs is 6. The molecule has 0 spiro atoms. The van der Waals surface area contributed by atoms with E-state index in [2.05, 4.69) is 0 Å². The number of halogens is 2. The first-order valence-corrected chi connectivity index (χ1v) is 17.3. The van der Waals surface area contributed by atoms with Gasteiger partial charge >= 0.3 is 20.8 Å². The van der Waals surface area contributed by atoms with Gasteiger partial charge in [-0.15, -0.1) is 0 Å². The standard InChI is InChI=1S/C34H16Cl2O8S2/c35-26-14-13-22-21-8-7-18-19-9-11-24-29-16(15-3-1-2-4-23(15)33(24)43-45(37,38)39)5-6-17(27(19)29)20-10-12-25(30(21)28(18)20)34(31(22)32(26)36)44-46(40,41)42/h1-14H,(H,37,38,39)(H,40,41,42). The second kappa shape index (κ2) is 9.10. The van der Waals surface area contributed by atoms with Gasteiger partial charge in [-0.3, -0.25) is 9.11 Å². The molecular weight excluding hydrogens is 671 g/mol. The molecule has 8 nitrogen and oxygen atoms in total. The van der Waals surface area contributed by atoms with Gasteiger partial charge in [-0.25, -0.2) is 0 Å². The van der Waals surface area contributed by atoms with E-state index in [1.54, 1.807) is 36.4 Å². The molecule has 0 radical (unpaired) electrons. The van der Waals surface area contributed by atoms with Crippen molar-refractivity contribution in [3.63, 3.8) is 0 Å². The minimum absolute atomic E-state index is 0.0269. The Hall–Kier alpha value is -4.42. The van der Waals surface area contributed by atoms with Crippen LogP contribution in [0.1, 0.15) is 0 Å². The number of hydrogen-bond donors (Lipinski definition) is 2. The minimum Gasteiger partial charge on any atom is -0.360 e. The van der Waals surface area contributed by atoms with Gasteiger partial charge in [0, 0.05) is 32.3 Å². The van der Waals surface area contributed by atoms with E-state index >= 15 is 0 Å². The minimum atomic E-state index is -4.95. The summed E-state index contributed by atoms with van der Waals surface area (Å²) in [5.41, 5.74) is 0. The molecule has 0 atom stereocenters. The van der Waals surface area contributed by atoms with E-state index in [0.717, 1.165) is 53.9 Å². The molecule has 0 heterocycles. The van der Waals surface area contributed by atoms with Gasteiger partial charge in [-0.1, -0.05) is 89.9 Å². The second-order valence-corrected chi connectivity index (χ2v) is 14.0. The molecule has 12 heteroatoms. The smallest absolute Gasteiger partial charge is 0.360 e. The number of benzene rings is 9. The molecule has 0 aliphatic rings. The first-order chi connectivity index (χ1) is 21.9. The maximum absolute atomic E-state index is 12.1. The molecule has 0 bridgehead atoms. The molecule has 226 valence electrons. The highest BCUT2D eigenvalue weighted by Gasteiger charge is 2.26. The van der Waals surface area contributed by atoms with Crippen molar-refractivity contribution in [2.75, 3.05) is 0 Å². The van der Waals surface area contributed by atoms with Crippen molar-refractivity contribution in [1.29, 1.82) is 0 Å². The molecule has 0 amide bonds. The fourth-order valence-electron chi connectivity index (χ4n) is 7.30. The van der Waals surface area contributed by atoms with Crippen LogP contribution in [-0.2, 0) is 20.8 Å². The molecule has 0 saturated carbocycles. The van der Waals surface area contributed by atoms with Crippen molar-refractivity contribution in [2.45, 2.75) is 0 Å². The van der Waals surface area contributed by atoms with Gasteiger partial charge in [0.15, 0.2) is 11.5 Å². The van der Waals surface area contributed by atoms with Crippen LogP contribution in [0.5, 0.6) is 11.5 Å². The molecule has 0 aliphatic heterocycles. The maximum atomic E-state index is 12.1. The van der Waals surface area contributed by atoms with Crippen LogP contribution in [0.15, 0.2) is 84.9 Å². The topological polar surface area (TPSA) is 127 Å². The fourth-order valence-corrected chi connectivity index (χ4v) is 8.48. The van der Waals surface area contributed by atoms with Crippen molar-refractivity contribution in [2.24, 2.45) is 0 Å². The van der Waals surface area contributed by atoms with E-state index in [1.165, 1.54) is 0 Å². The summed E-state index contributed by atoms with van der Waals surface area (Å²) in [6, 6.07) is 25.7. The van der Waals surface area contributed by atoms with E-state index in [4.69, 9.17) is 31.6 Å². The van der Waals surface area contributed by atoms with E-state index in [0.29, 0.717) is 26.9 Å². The lowest BCUT2D eigenvalue weighted by Gasteiger charge is -2.22. The third-order valence-corrected chi connectivity index (χ3v) is 10.4. The molecule has 0 saturated heterocycles. The molecular formula is C34H16Cl2O8S2. The Balaban J connectivity index is 1.53. The first kappa shape index (κ1) is 27.9. The summed E-state index contributed by atoms with van der Waals surface area (Å²) < 4.78 is 78.1. The van der Waals surface area contributed by atoms with Crippen LogP contribution in [0.3, 0.4) is 0 Å². The van der Waals surface area contributed by atoms with Crippen molar-refractivity contribution in [3.8, 4) is 11.5 Å². The van der Waals surface area contributed by atoms with Gasteiger partial charge < -0.3 is 8.37 Å². The summed E-state index contributed by atoms with van der Waals surface area (Å²) in [5.74, 6) is -0.116. The highest BCUT2D eigenvalue weighted by atomic mass is 35.5. The lowest BCUT2D eigenvalue weighted by Crippen LogP contribution is -2.08. The summed E-state index contributed by atoms with van der Waals surface area (Å²) >= 11 is 13.0. The zero-order valence-corrected chi connectivity index (χ0v) is 26.1. The summed E-state index contributed by atoms with van der Waals surface area (Å²) in [7, 11) is -9.79. The normalized spacial score (nSPS) is 13.1. The molecule has 9 aromatic carbocycles. The highest BCUT2D eigenvalue weighted by Crippen LogP contribution is 2.52. The van der Waals surface area contributed by atoms with Crippen molar-refractivity contribution in [1.82, 2.24) is 0 Å². The van der Waals surface area contributed by atoms with Crippen molar-refractivity contribution < 1.29 is 34.3 Å². The van der Waals surface area contributed by atoms with Gasteiger partial charge in [0.1, 0.15) is 0 Å². The Morgan fingerprint density at radius 1 is 0.413 bits per heavy atom. The molecule has 0 aliphatic carbocycles. The number of rotatable bonds is 4. The Labute approximate surface area is 269 Å². The maximum Gasteiger partial charge on any atom is 0.446 e. The third kappa shape index (κ3) is 3.74. The second-order valence-electron chi connectivity index (χ2n) is 11.2. The highest BCUT2D eigenvalue weighted by molar-refractivity contribution is 7.81. The van der Waals surface area contributed by atoms with Gasteiger partial charge in [-0.05, 0) is 72.1 Å². The Morgan fingerprint density at radius 3 is 1.26 bits per heavy atom. The van der Waals surface area contributed by atoms with Crippen LogP contribution >= 0.6 is 23.2 Å². The molecule has 0 aromatic heterocycles. The monoisotopic (exact) mass is 686 g/mol. The predicted molar refractivity (Wildman–Crippen MR) is 183 cm³/mol. The Morgan fingerprint density at radius 2 is 0.761 bits per heavy atom. The SMILES string of the molecule is O=S(=O)(O)Oc1c2ccccc2c2ccc3c4ccc5c(OS(=O)(=O)O)c6c(Cl)c(Cl)ccc6c6ccc(c7ccc1c2c37)c4c56. The molecule has 9 aromatic rings. The Kier molecular flexibility index (Phi) is 5.51. The van der Waals surface area contributed by atoms with E-state index in [9.17, 15) is 25.9 Å². The van der Waals surface area contributed by atoms with Crippen LogP contribution < -0.4 is 8.37 Å². The first-order valence-electron chi connectivity index (χ1n) is 13.8. The average molecular weight is 688 g/mol. The molecule has 0 fully saturated rings. The van der Waals surface area contributed by atoms with Gasteiger partial charge in [0.2, 0.25) is 0 Å². The van der Waals surface area contributed by atoms with Gasteiger partial charge in [0.25, 0.3) is 0 Å². The quantitative estimate of drug-likeness (QED) is 0.106. The van der Waals surface area contributed by atoms with Crippen LogP contribution in [0.4, 0.5) is 0 Å². The number of hydrogen-bond acceptors (Lipinski definition) is 6. The third-order valence-electron chi connectivity index (χ3n) is 8.84. The zero-order chi connectivity index (χ0) is 31.9. The van der Waals surface area contributed by atoms with Gasteiger partial charge in [0.05, 0.1) is 10.0 Å². The molecule has 9 rings (SSSR count). The van der Waals surface area contributed by atoms with Crippen molar-refractivity contribution in [3.05, 3.63) is 95.0 Å². The van der Waals surface area contributed by atoms with Crippen molar-refractivity contribution >= 4 is 130 Å². The van der Waals surface area contributed by atoms with Crippen LogP contribution in [0.25, 0.3) is 86.2 Å². The fraction of sp³-hybridized carbons (Fsp3) is 0. The Bertz CT molecular complexity index is 3030. The largest absolute Gasteiger partial charge is 0.446 e. The van der Waals surface area contributed by atoms with E-state index < -0.39 is 20.8 Å². The van der Waals surface area contributed by atoms with E-state index in [1.807, 2.05) is 48.5 Å². The van der Waals surface area contributed by atoms with Crippen LogP contribution in [-0.4, -0.2) is 25.9 Å². The molecule has 46 heavy (non-hydrogen) atoms. The molecule has 2 N–H and O–H groups in total. The summed E-state index contributed by atoms with van der Waals surface area (Å²) in [5, 5.41) is 11.5. The summed E-state index contributed by atoms with van der Waals surface area (Å²) in [6.07, 6.45) is 0. The zero-order valence-electron chi connectivity index (χ0n) is 23.0. The summed E-state index contributed by atoms with van der Waals surface area (Å²) in [4.78, 5) is 0. The van der Waals surface area contributed by atoms with E-state index in [-0.39, 0.29) is 26.9 Å². The van der Waals surface area contributed by atoms with Gasteiger partial charge in [-0.2, -0.15) is 16.8 Å². The lowest BCUT2D eigenvalue weighted by atomic mass is 9.83. The van der Waals surface area contributed by atoms with Crippen LogP contribution in [0.2, 0.25) is 10.0 Å². The van der Waals surface area contributed by atoms with Crippen LogP contribution in [0, 0.1) is 0 Å². The average Bonchev–Trinajstić information content (AvgIpc) is 3.01. The summed E-state index contributed by atoms with van der Waals surface area (Å²) in [6.45, 7) is 0. The lowest BCUT2D eigenvalue weighted by molar-refractivity contribution is 0.387. The predicted octanol–water partition coefficient (Wildman–Crippen LogP) is 9.46.